The average Bonchev–Trinajstić information content (AvgIpc) is 2.42. The van der Waals surface area contributed by atoms with Crippen molar-refractivity contribution >= 4 is 11.6 Å². The van der Waals surface area contributed by atoms with E-state index in [2.05, 4.69) is 42.6 Å². The third kappa shape index (κ3) is 5.04. The lowest BCUT2D eigenvalue weighted by Crippen LogP contribution is -2.10. The quantitative estimate of drug-likeness (QED) is 0.683. The lowest BCUT2D eigenvalue weighted by atomic mass is 10.1. The fourth-order valence-electron chi connectivity index (χ4n) is 2.38. The number of benzene rings is 1. The van der Waals surface area contributed by atoms with Crippen molar-refractivity contribution in [3.8, 4) is 0 Å². The number of hydrogen-bond donors (Lipinski definition) is 1. The molecule has 0 radical (unpaired) electrons. The third-order valence-corrected chi connectivity index (χ3v) is 3.55. The smallest absolute Gasteiger partial charge is 0.224 e. The van der Waals surface area contributed by atoms with Gasteiger partial charge in [0.15, 0.2) is 0 Å². The van der Waals surface area contributed by atoms with Crippen LogP contribution in [0.2, 0.25) is 0 Å². The first-order valence-corrected chi connectivity index (χ1v) is 7.43. The Morgan fingerprint density at radius 2 is 1.80 bits per heavy atom. The molecule has 1 aliphatic heterocycles. The molecule has 0 aromatic heterocycles. The zero-order chi connectivity index (χ0) is 14.2. The summed E-state index contributed by atoms with van der Waals surface area (Å²) in [7, 11) is 0. The van der Waals surface area contributed by atoms with Gasteiger partial charge in [0.1, 0.15) is 0 Å². The van der Waals surface area contributed by atoms with Gasteiger partial charge in [0, 0.05) is 12.1 Å². The Kier molecular flexibility index (Phi) is 5.60. The second-order valence-electron chi connectivity index (χ2n) is 5.39. The summed E-state index contributed by atoms with van der Waals surface area (Å²) >= 11 is 0. The van der Waals surface area contributed by atoms with Gasteiger partial charge in [0.2, 0.25) is 5.91 Å². The molecule has 0 saturated heterocycles. The van der Waals surface area contributed by atoms with Gasteiger partial charge in [-0.25, -0.2) is 0 Å². The van der Waals surface area contributed by atoms with Crippen LogP contribution in [0.5, 0.6) is 0 Å². The van der Waals surface area contributed by atoms with Crippen molar-refractivity contribution in [2.75, 3.05) is 5.32 Å². The van der Waals surface area contributed by atoms with E-state index in [9.17, 15) is 4.79 Å². The van der Waals surface area contributed by atoms with Gasteiger partial charge in [-0.2, -0.15) is 0 Å². The molecule has 2 heteroatoms. The summed E-state index contributed by atoms with van der Waals surface area (Å²) < 4.78 is 0. The third-order valence-electron chi connectivity index (χ3n) is 3.55. The lowest BCUT2D eigenvalue weighted by molar-refractivity contribution is -0.116. The van der Waals surface area contributed by atoms with Crippen LogP contribution in [0.3, 0.4) is 0 Å². The molecule has 1 amide bonds. The summed E-state index contributed by atoms with van der Waals surface area (Å²) in [6.07, 6.45) is 12.3. The molecule has 1 aromatic rings. The number of fused-ring (bicyclic) bond motifs is 2. The maximum atomic E-state index is 11.8. The average molecular weight is 269 g/mol. The van der Waals surface area contributed by atoms with E-state index >= 15 is 0 Å². The van der Waals surface area contributed by atoms with E-state index < -0.39 is 0 Å². The first-order chi connectivity index (χ1) is 9.74. The van der Waals surface area contributed by atoms with Gasteiger partial charge in [0.05, 0.1) is 0 Å². The standard InChI is InChI=1S/C18H23NO/c1-15-8-4-2-3-5-13-18(20)19-17-12-7-11-16(14-17)10-6-9-15/h2-3,7,9,11-12,14H,4-6,8,10,13H2,1H3,(H,19,20)/b3-2+,15-9-. The number of nitrogens with one attached hydrogen (secondary N) is 1. The number of aryl methyl sites for hydroxylation is 1. The van der Waals surface area contributed by atoms with Gasteiger partial charge >= 0.3 is 0 Å². The van der Waals surface area contributed by atoms with Crippen molar-refractivity contribution in [3.63, 3.8) is 0 Å². The van der Waals surface area contributed by atoms with E-state index in [1.54, 1.807) is 0 Å². The first-order valence-electron chi connectivity index (χ1n) is 7.43. The Bertz CT molecular complexity index is 514. The van der Waals surface area contributed by atoms with Gasteiger partial charge < -0.3 is 5.32 Å². The summed E-state index contributed by atoms with van der Waals surface area (Å²) in [6.45, 7) is 2.20. The predicted molar refractivity (Wildman–Crippen MR) is 84.8 cm³/mol. The molecule has 0 saturated carbocycles. The van der Waals surface area contributed by atoms with E-state index in [0.717, 1.165) is 37.8 Å². The van der Waals surface area contributed by atoms with E-state index in [1.807, 2.05) is 12.1 Å². The van der Waals surface area contributed by atoms with Crippen LogP contribution in [0.25, 0.3) is 0 Å². The zero-order valence-corrected chi connectivity index (χ0v) is 12.2. The molecule has 1 heterocycles. The number of carbonyl (C=O) groups excluding carboxylic acids is 1. The minimum absolute atomic E-state index is 0.0935. The number of allylic oxidation sites excluding steroid dienone is 4. The molecule has 0 unspecified atom stereocenters. The topological polar surface area (TPSA) is 29.1 Å². The van der Waals surface area contributed by atoms with Crippen molar-refractivity contribution in [2.24, 2.45) is 0 Å². The highest BCUT2D eigenvalue weighted by Gasteiger charge is 2.02. The Balaban J connectivity index is 2.10. The fourth-order valence-corrected chi connectivity index (χ4v) is 2.38. The molecule has 1 aliphatic rings. The number of carbonyl (C=O) groups is 1. The van der Waals surface area contributed by atoms with E-state index in [1.165, 1.54) is 11.1 Å². The lowest BCUT2D eigenvalue weighted by Gasteiger charge is -2.06. The second kappa shape index (κ2) is 7.68. The van der Waals surface area contributed by atoms with Crippen molar-refractivity contribution < 1.29 is 4.79 Å². The molecule has 1 N–H and O–H groups in total. The maximum absolute atomic E-state index is 11.8. The van der Waals surface area contributed by atoms with Crippen LogP contribution in [-0.4, -0.2) is 5.91 Å². The van der Waals surface area contributed by atoms with Gasteiger partial charge in [-0.1, -0.05) is 35.9 Å². The summed E-state index contributed by atoms with van der Waals surface area (Å²) in [5, 5.41) is 2.97. The number of rotatable bonds is 0. The van der Waals surface area contributed by atoms with E-state index in [4.69, 9.17) is 0 Å². The monoisotopic (exact) mass is 269 g/mol. The Hall–Kier alpha value is -1.83. The summed E-state index contributed by atoms with van der Waals surface area (Å²) in [5.74, 6) is 0.0935. The molecule has 1 aromatic carbocycles. The van der Waals surface area contributed by atoms with Gasteiger partial charge in [0.25, 0.3) is 0 Å². The summed E-state index contributed by atoms with van der Waals surface area (Å²) in [5.41, 5.74) is 3.64. The highest BCUT2D eigenvalue weighted by molar-refractivity contribution is 5.90. The molecule has 106 valence electrons. The fraction of sp³-hybridized carbons (Fsp3) is 0.389. The van der Waals surface area contributed by atoms with Crippen molar-refractivity contribution in [1.29, 1.82) is 0 Å². The highest BCUT2D eigenvalue weighted by Crippen LogP contribution is 2.15. The Morgan fingerprint density at radius 3 is 2.65 bits per heavy atom. The molecule has 0 spiro atoms. The molecule has 2 nitrogen and oxygen atoms in total. The molecule has 20 heavy (non-hydrogen) atoms. The summed E-state index contributed by atoms with van der Waals surface area (Å²) in [4.78, 5) is 11.8. The molecule has 0 fully saturated rings. The van der Waals surface area contributed by atoms with E-state index in [0.29, 0.717) is 6.42 Å². The van der Waals surface area contributed by atoms with Crippen molar-refractivity contribution in [1.82, 2.24) is 0 Å². The van der Waals surface area contributed by atoms with Crippen molar-refractivity contribution in [2.45, 2.75) is 45.4 Å². The highest BCUT2D eigenvalue weighted by atomic mass is 16.1. The van der Waals surface area contributed by atoms with Crippen LogP contribution in [0.4, 0.5) is 5.69 Å². The van der Waals surface area contributed by atoms with Crippen LogP contribution < -0.4 is 5.32 Å². The van der Waals surface area contributed by atoms with Gasteiger partial charge in [-0.15, -0.1) is 0 Å². The summed E-state index contributed by atoms with van der Waals surface area (Å²) in [6, 6.07) is 8.17. The molecule has 0 aliphatic carbocycles. The van der Waals surface area contributed by atoms with Crippen LogP contribution >= 0.6 is 0 Å². The Labute approximate surface area is 121 Å². The Morgan fingerprint density at radius 1 is 1.00 bits per heavy atom. The van der Waals surface area contributed by atoms with Crippen LogP contribution in [0.1, 0.15) is 44.6 Å². The second-order valence-corrected chi connectivity index (χ2v) is 5.39. The van der Waals surface area contributed by atoms with Crippen LogP contribution in [-0.2, 0) is 11.2 Å². The van der Waals surface area contributed by atoms with E-state index in [-0.39, 0.29) is 5.91 Å². The predicted octanol–water partition coefficient (Wildman–Crippen LogP) is 4.63. The molecule has 2 rings (SSSR count). The minimum atomic E-state index is 0.0935. The number of hydrogen-bond acceptors (Lipinski definition) is 1. The van der Waals surface area contributed by atoms with Gasteiger partial charge in [-0.05, 0) is 56.7 Å². The normalized spacial score (nSPS) is 21.9. The number of amides is 1. The van der Waals surface area contributed by atoms with Gasteiger partial charge in [-0.3, -0.25) is 4.79 Å². The largest absolute Gasteiger partial charge is 0.326 e. The maximum Gasteiger partial charge on any atom is 0.224 e. The SMILES string of the molecule is C/C1=C/CCc2cccc(c2)NC(=O)CC/C=C/CC1. The molecular weight excluding hydrogens is 246 g/mol. The molecular formula is C18H23NO. The minimum Gasteiger partial charge on any atom is -0.326 e. The molecule has 0 atom stereocenters. The van der Waals surface area contributed by atoms with Crippen molar-refractivity contribution in [3.05, 3.63) is 53.6 Å². The molecule has 2 bridgehead atoms. The number of anilines is 1. The van der Waals surface area contributed by atoms with Crippen LogP contribution in [0.15, 0.2) is 48.1 Å². The first kappa shape index (κ1) is 14.6. The van der Waals surface area contributed by atoms with Crippen LogP contribution in [0, 0.1) is 0 Å². The zero-order valence-electron chi connectivity index (χ0n) is 12.2.